The molecule has 0 saturated carbocycles. The van der Waals surface area contributed by atoms with Gasteiger partial charge in [-0.05, 0) is 57.1 Å². The number of amides is 2. The Morgan fingerprint density at radius 1 is 1.32 bits per heavy atom. The van der Waals surface area contributed by atoms with Crippen LogP contribution >= 0.6 is 0 Å². The second-order valence-corrected chi connectivity index (χ2v) is 11.0. The van der Waals surface area contributed by atoms with Gasteiger partial charge in [0.2, 0.25) is 5.91 Å². The zero-order valence-electron chi connectivity index (χ0n) is 22.6. The Hall–Kier alpha value is -2.71. The minimum atomic E-state index is -1.14. The lowest BCUT2D eigenvalue weighted by atomic mass is 9.70. The normalized spacial score (nSPS) is 28.9. The van der Waals surface area contributed by atoms with Crippen molar-refractivity contribution in [1.82, 2.24) is 4.90 Å². The molecule has 1 spiro atoms. The number of aryl methyl sites for hydroxylation is 2. The number of hydrogen-bond acceptors (Lipinski definition) is 6. The molecule has 37 heavy (non-hydrogen) atoms. The Labute approximate surface area is 219 Å². The minimum absolute atomic E-state index is 0.180. The highest BCUT2D eigenvalue weighted by atomic mass is 16.6. The molecule has 202 valence electrons. The van der Waals surface area contributed by atoms with Crippen molar-refractivity contribution in [2.45, 2.75) is 77.7 Å². The molecule has 0 radical (unpaired) electrons. The third-order valence-electron chi connectivity index (χ3n) is 8.17. The smallest absolute Gasteiger partial charge is 0.312 e. The highest BCUT2D eigenvalue weighted by Crippen LogP contribution is 2.59. The molecule has 2 bridgehead atoms. The van der Waals surface area contributed by atoms with Gasteiger partial charge in [-0.1, -0.05) is 38.1 Å². The van der Waals surface area contributed by atoms with E-state index in [9.17, 15) is 19.5 Å². The monoisotopic (exact) mass is 512 g/mol. The zero-order valence-corrected chi connectivity index (χ0v) is 22.6. The molecule has 1 aromatic rings. The van der Waals surface area contributed by atoms with Gasteiger partial charge in [-0.2, -0.15) is 0 Å². The summed E-state index contributed by atoms with van der Waals surface area (Å²) in [6.07, 6.45) is 2.80. The number of para-hydroxylation sites is 1. The number of hydrogen-bond donors (Lipinski definition) is 1. The molecule has 2 amide bonds. The van der Waals surface area contributed by atoms with E-state index in [1.54, 1.807) is 22.8 Å². The molecular weight excluding hydrogens is 472 g/mol. The minimum Gasteiger partial charge on any atom is -0.466 e. The number of rotatable bonds is 10. The Bertz CT molecular complexity index is 1050. The zero-order chi connectivity index (χ0) is 27.1. The molecule has 3 fully saturated rings. The van der Waals surface area contributed by atoms with Crippen LogP contribution in [0.25, 0.3) is 0 Å². The molecule has 8 heteroatoms. The van der Waals surface area contributed by atoms with Gasteiger partial charge in [-0.3, -0.25) is 14.4 Å². The summed E-state index contributed by atoms with van der Waals surface area (Å²) in [5.74, 6) is -2.43. The van der Waals surface area contributed by atoms with Gasteiger partial charge in [0.05, 0.1) is 37.2 Å². The molecule has 1 aromatic carbocycles. The van der Waals surface area contributed by atoms with E-state index in [-0.39, 0.29) is 37.5 Å². The van der Waals surface area contributed by atoms with Gasteiger partial charge in [0.15, 0.2) is 0 Å². The first-order valence-corrected chi connectivity index (χ1v) is 13.4. The van der Waals surface area contributed by atoms with Crippen LogP contribution in [-0.4, -0.2) is 71.3 Å². The first kappa shape index (κ1) is 27.3. The van der Waals surface area contributed by atoms with Crippen LogP contribution in [0.4, 0.5) is 5.69 Å². The summed E-state index contributed by atoms with van der Waals surface area (Å²) in [5.41, 5.74) is 1.50. The van der Waals surface area contributed by atoms with Crippen molar-refractivity contribution < 1.29 is 29.0 Å². The number of nitrogens with zero attached hydrogens (tertiary/aromatic N) is 2. The fraction of sp³-hybridized carbons (Fsp3) is 0.621. The number of likely N-dealkylation sites (tertiary alicyclic amines) is 1. The van der Waals surface area contributed by atoms with E-state index < -0.39 is 41.6 Å². The molecule has 3 aliphatic rings. The maximum Gasteiger partial charge on any atom is 0.312 e. The van der Waals surface area contributed by atoms with E-state index in [0.29, 0.717) is 19.3 Å². The summed E-state index contributed by atoms with van der Waals surface area (Å²) in [5, 5.41) is 10.4. The Balaban J connectivity index is 1.86. The predicted molar refractivity (Wildman–Crippen MR) is 140 cm³/mol. The first-order chi connectivity index (χ1) is 17.6. The number of aliphatic hydroxyl groups is 1. The molecule has 0 aromatic heterocycles. The van der Waals surface area contributed by atoms with E-state index in [1.165, 1.54) is 0 Å². The van der Waals surface area contributed by atoms with Crippen LogP contribution in [0.5, 0.6) is 0 Å². The number of ether oxygens (including phenoxy) is 2. The van der Waals surface area contributed by atoms with E-state index in [0.717, 1.165) is 16.8 Å². The standard InChI is InChI=1S/C29H40N2O6/c1-7-14-30(24-18(5)10-9-11-19(24)6)27(34)25-29-13-12-21(37-29)22(28(35)36-8-2)23(29)26(33)31(25)20(16-32)15-17(3)4/h7,9-11,17,20-23,25,32H,1,8,12-16H2,2-6H3/t20-,21-,22+,23+,25?,29?/m1/s1. The van der Waals surface area contributed by atoms with Crippen molar-refractivity contribution in [2.75, 3.05) is 24.7 Å². The Morgan fingerprint density at radius 3 is 2.57 bits per heavy atom. The van der Waals surface area contributed by atoms with Crippen LogP contribution in [-0.2, 0) is 23.9 Å². The van der Waals surface area contributed by atoms with Gasteiger partial charge in [-0.15, -0.1) is 6.58 Å². The molecule has 6 atom stereocenters. The van der Waals surface area contributed by atoms with Crippen molar-refractivity contribution in [3.8, 4) is 0 Å². The number of anilines is 1. The van der Waals surface area contributed by atoms with E-state index in [1.807, 2.05) is 45.9 Å². The molecule has 2 unspecified atom stereocenters. The third-order valence-corrected chi connectivity index (χ3v) is 8.17. The molecular formula is C29H40N2O6. The fourth-order valence-electron chi connectivity index (χ4n) is 6.89. The molecule has 4 rings (SSSR count). The highest BCUT2D eigenvalue weighted by Gasteiger charge is 2.75. The second-order valence-electron chi connectivity index (χ2n) is 11.0. The van der Waals surface area contributed by atoms with Crippen molar-refractivity contribution in [3.05, 3.63) is 42.0 Å². The van der Waals surface area contributed by atoms with Crippen LogP contribution < -0.4 is 4.90 Å². The van der Waals surface area contributed by atoms with Gasteiger partial charge in [0.25, 0.3) is 5.91 Å². The summed E-state index contributed by atoms with van der Waals surface area (Å²) in [7, 11) is 0. The lowest BCUT2D eigenvalue weighted by Gasteiger charge is -2.40. The first-order valence-electron chi connectivity index (χ1n) is 13.4. The number of esters is 1. The van der Waals surface area contributed by atoms with Gasteiger partial charge < -0.3 is 24.4 Å². The molecule has 3 heterocycles. The Kier molecular flexibility index (Phi) is 7.81. The second kappa shape index (κ2) is 10.6. The maximum absolute atomic E-state index is 14.6. The number of carbonyl (C=O) groups excluding carboxylic acids is 3. The van der Waals surface area contributed by atoms with Gasteiger partial charge in [0.1, 0.15) is 11.6 Å². The summed E-state index contributed by atoms with van der Waals surface area (Å²) in [6.45, 7) is 13.7. The predicted octanol–water partition coefficient (Wildman–Crippen LogP) is 3.17. The van der Waals surface area contributed by atoms with E-state index >= 15 is 0 Å². The maximum atomic E-state index is 14.6. The SMILES string of the molecule is C=CCN(C(=O)C1N([C@@H](CO)CC(C)C)C(=O)[C@@H]2[C@@H](C(=O)OCC)[C@H]3CCC12O3)c1c(C)cccc1C. The third kappa shape index (κ3) is 4.38. The van der Waals surface area contributed by atoms with E-state index in [2.05, 4.69) is 6.58 Å². The molecule has 1 N–H and O–H groups in total. The van der Waals surface area contributed by atoms with Gasteiger partial charge >= 0.3 is 5.97 Å². The average Bonchev–Trinajstić information content (AvgIpc) is 3.49. The van der Waals surface area contributed by atoms with Crippen molar-refractivity contribution in [1.29, 1.82) is 0 Å². The van der Waals surface area contributed by atoms with Gasteiger partial charge in [0, 0.05) is 12.2 Å². The summed E-state index contributed by atoms with van der Waals surface area (Å²) in [4.78, 5) is 45.1. The number of fused-ring (bicyclic) bond motifs is 1. The van der Waals surface area contributed by atoms with Crippen LogP contribution in [0.15, 0.2) is 30.9 Å². The lowest BCUT2D eigenvalue weighted by molar-refractivity contribution is -0.155. The van der Waals surface area contributed by atoms with Crippen LogP contribution in [0.2, 0.25) is 0 Å². The van der Waals surface area contributed by atoms with E-state index in [4.69, 9.17) is 9.47 Å². The van der Waals surface area contributed by atoms with Gasteiger partial charge in [-0.25, -0.2) is 0 Å². The van der Waals surface area contributed by atoms with Crippen LogP contribution in [0, 0.1) is 31.6 Å². The molecule has 8 nitrogen and oxygen atoms in total. The Morgan fingerprint density at radius 2 is 2.00 bits per heavy atom. The van der Waals surface area contributed by atoms with Crippen molar-refractivity contribution in [3.63, 3.8) is 0 Å². The number of carbonyl (C=O) groups is 3. The number of benzene rings is 1. The average molecular weight is 513 g/mol. The fourth-order valence-corrected chi connectivity index (χ4v) is 6.89. The topological polar surface area (TPSA) is 96.4 Å². The van der Waals surface area contributed by atoms with Crippen LogP contribution in [0.1, 0.15) is 51.2 Å². The summed E-state index contributed by atoms with van der Waals surface area (Å²) in [6, 6.07) is 4.31. The number of aliphatic hydroxyl groups excluding tert-OH is 1. The van der Waals surface area contributed by atoms with Crippen molar-refractivity contribution >= 4 is 23.5 Å². The highest BCUT2D eigenvalue weighted by molar-refractivity contribution is 6.05. The lowest BCUT2D eigenvalue weighted by Crippen LogP contribution is -2.59. The summed E-state index contributed by atoms with van der Waals surface area (Å²) >= 11 is 0. The largest absolute Gasteiger partial charge is 0.466 e. The van der Waals surface area contributed by atoms with Crippen molar-refractivity contribution in [2.24, 2.45) is 17.8 Å². The molecule has 0 aliphatic carbocycles. The van der Waals surface area contributed by atoms with Crippen LogP contribution in [0.3, 0.4) is 0 Å². The molecule has 3 saturated heterocycles. The molecule has 3 aliphatic heterocycles. The summed E-state index contributed by atoms with van der Waals surface area (Å²) < 4.78 is 11.9. The quantitative estimate of drug-likeness (QED) is 0.382.